The van der Waals surface area contributed by atoms with Crippen LogP contribution >= 0.6 is 23.2 Å². The molecule has 0 aliphatic rings. The summed E-state index contributed by atoms with van der Waals surface area (Å²) in [7, 11) is -2.26. The van der Waals surface area contributed by atoms with Gasteiger partial charge in [0.2, 0.25) is 10.0 Å². The molecule has 0 aliphatic carbocycles. The molecule has 5 aromatic rings. The number of aromatic amines is 1. The van der Waals surface area contributed by atoms with Gasteiger partial charge in [0, 0.05) is 36.0 Å². The molecule has 0 spiro atoms. The highest BCUT2D eigenvalue weighted by Crippen LogP contribution is 2.35. The third-order valence-electron chi connectivity index (χ3n) is 6.05. The number of hydrogen-bond acceptors (Lipinski definition) is 6. The van der Waals surface area contributed by atoms with Gasteiger partial charge in [-0.1, -0.05) is 71.7 Å². The summed E-state index contributed by atoms with van der Waals surface area (Å²) in [5.74, 6) is 2.03. The van der Waals surface area contributed by atoms with E-state index in [9.17, 15) is 8.42 Å². The van der Waals surface area contributed by atoms with Gasteiger partial charge in [0.1, 0.15) is 22.3 Å². The second-order valence-corrected chi connectivity index (χ2v) is 11.2. The number of halogens is 2. The van der Waals surface area contributed by atoms with E-state index >= 15 is 0 Å². The minimum Gasteiger partial charge on any atom is -0.497 e. The Labute approximate surface area is 242 Å². The van der Waals surface area contributed by atoms with Crippen LogP contribution in [-0.4, -0.2) is 43.6 Å². The number of pyridine rings is 1. The normalized spacial score (nSPS) is 11.4. The zero-order valence-electron chi connectivity index (χ0n) is 21.4. The molecule has 0 saturated carbocycles. The first kappa shape index (κ1) is 27.7. The van der Waals surface area contributed by atoms with E-state index in [1.54, 1.807) is 19.4 Å². The minimum absolute atomic E-state index is 0.0589. The molecule has 204 valence electrons. The van der Waals surface area contributed by atoms with E-state index < -0.39 is 10.0 Å². The number of rotatable bonds is 10. The minimum atomic E-state index is -3.89. The molecule has 0 amide bonds. The van der Waals surface area contributed by atoms with Gasteiger partial charge in [-0.15, -0.1) is 0 Å². The molecule has 40 heavy (non-hydrogen) atoms. The van der Waals surface area contributed by atoms with Crippen molar-refractivity contribution in [3.63, 3.8) is 0 Å². The van der Waals surface area contributed by atoms with Crippen LogP contribution in [0.25, 0.3) is 33.9 Å². The van der Waals surface area contributed by atoms with Crippen molar-refractivity contribution in [1.29, 1.82) is 0 Å². The second kappa shape index (κ2) is 12.1. The zero-order chi connectivity index (χ0) is 28.1. The van der Waals surface area contributed by atoms with Crippen LogP contribution in [0.3, 0.4) is 0 Å². The maximum atomic E-state index is 12.7. The van der Waals surface area contributed by atoms with Crippen LogP contribution in [0.2, 0.25) is 10.0 Å². The molecule has 0 fully saturated rings. The van der Waals surface area contributed by atoms with Crippen molar-refractivity contribution in [2.45, 2.75) is 4.90 Å². The smallest absolute Gasteiger partial charge is 0.243 e. The highest BCUT2D eigenvalue weighted by atomic mass is 35.5. The third kappa shape index (κ3) is 6.13. The van der Waals surface area contributed by atoms with Crippen molar-refractivity contribution >= 4 is 39.0 Å². The van der Waals surface area contributed by atoms with Crippen LogP contribution in [-0.2, 0) is 10.0 Å². The summed E-state index contributed by atoms with van der Waals surface area (Å²) < 4.78 is 33.4. The molecular weight excluding hydrogens is 569 g/mol. The first-order valence-electron chi connectivity index (χ1n) is 12.3. The van der Waals surface area contributed by atoms with Gasteiger partial charge in [-0.2, -0.15) is 0 Å². The maximum absolute atomic E-state index is 12.7. The average Bonchev–Trinajstić information content (AvgIpc) is 3.42. The number of imidazole rings is 1. The Morgan fingerprint density at radius 1 is 0.850 bits per heavy atom. The van der Waals surface area contributed by atoms with Crippen LogP contribution in [0.4, 0.5) is 5.82 Å². The fourth-order valence-corrected chi connectivity index (χ4v) is 6.34. The molecule has 2 aromatic heterocycles. The van der Waals surface area contributed by atoms with E-state index in [-0.39, 0.29) is 28.0 Å². The molecule has 5 rings (SSSR count). The average molecular weight is 595 g/mol. The largest absolute Gasteiger partial charge is 0.497 e. The second-order valence-electron chi connectivity index (χ2n) is 8.71. The van der Waals surface area contributed by atoms with Gasteiger partial charge in [-0.3, -0.25) is 0 Å². The molecule has 8 nitrogen and oxygen atoms in total. The lowest BCUT2D eigenvalue weighted by Crippen LogP contribution is -2.29. The molecule has 0 unspecified atom stereocenters. The predicted octanol–water partition coefficient (Wildman–Crippen LogP) is 6.51. The molecular formula is C29H25Cl2N5O3S. The summed E-state index contributed by atoms with van der Waals surface area (Å²) in [4.78, 5) is 12.7. The third-order valence-corrected chi connectivity index (χ3v) is 8.47. The Morgan fingerprint density at radius 3 is 2.33 bits per heavy atom. The van der Waals surface area contributed by atoms with Crippen LogP contribution in [0.1, 0.15) is 0 Å². The predicted molar refractivity (Wildman–Crippen MR) is 159 cm³/mol. The number of ether oxygens (including phenoxy) is 1. The topological polar surface area (TPSA) is 109 Å². The molecule has 0 radical (unpaired) electrons. The van der Waals surface area contributed by atoms with Gasteiger partial charge >= 0.3 is 0 Å². The van der Waals surface area contributed by atoms with Crippen molar-refractivity contribution in [3.8, 4) is 39.7 Å². The fraction of sp³-hybridized carbons (Fsp3) is 0.103. The number of nitrogens with zero attached hydrogens (tertiary/aromatic N) is 2. The van der Waals surface area contributed by atoms with Crippen molar-refractivity contribution in [3.05, 3.63) is 101 Å². The Balaban J connectivity index is 1.38. The Bertz CT molecular complexity index is 1720. The molecule has 0 bridgehead atoms. The monoisotopic (exact) mass is 593 g/mol. The molecule has 3 aromatic carbocycles. The standard InChI is InChI=1S/C29H25Cl2N5O3S/c1-39-22-10-5-9-20(17-22)26-27(36-29(35-26)19-7-3-2-4-8-19)21-13-14-32-25(18-21)33-15-16-34-40(37,38)28-23(30)11-6-12-24(28)31/h2-14,17-18,34H,15-16H2,1H3,(H,32,33)(H,35,36). The van der Waals surface area contributed by atoms with Crippen molar-refractivity contribution in [1.82, 2.24) is 19.7 Å². The number of H-pyrrole nitrogens is 1. The summed E-state index contributed by atoms with van der Waals surface area (Å²) in [6.45, 7) is 0.367. The molecule has 0 saturated heterocycles. The number of nitrogens with one attached hydrogen (secondary N) is 3. The summed E-state index contributed by atoms with van der Waals surface area (Å²) in [6.07, 6.45) is 1.68. The van der Waals surface area contributed by atoms with Crippen LogP contribution in [0, 0.1) is 0 Å². The lowest BCUT2D eigenvalue weighted by atomic mass is 10.1. The van der Waals surface area contributed by atoms with Gasteiger partial charge in [-0.25, -0.2) is 23.1 Å². The van der Waals surface area contributed by atoms with Crippen LogP contribution in [0.15, 0.2) is 96.0 Å². The lowest BCUT2D eigenvalue weighted by Gasteiger charge is -2.11. The van der Waals surface area contributed by atoms with Gasteiger partial charge in [0.15, 0.2) is 0 Å². The van der Waals surface area contributed by atoms with Crippen molar-refractivity contribution in [2.24, 2.45) is 0 Å². The van der Waals surface area contributed by atoms with Gasteiger partial charge < -0.3 is 15.0 Å². The first-order chi connectivity index (χ1) is 19.4. The van der Waals surface area contributed by atoms with Crippen molar-refractivity contribution in [2.75, 3.05) is 25.5 Å². The molecule has 2 heterocycles. The number of methoxy groups -OCH3 is 1. The van der Waals surface area contributed by atoms with E-state index in [2.05, 4.69) is 20.0 Å². The number of benzene rings is 3. The van der Waals surface area contributed by atoms with E-state index in [4.69, 9.17) is 32.9 Å². The number of sulfonamides is 1. The first-order valence-corrected chi connectivity index (χ1v) is 14.5. The number of anilines is 1. The summed E-state index contributed by atoms with van der Waals surface area (Å²) in [5.41, 5.74) is 4.28. The maximum Gasteiger partial charge on any atom is 0.243 e. The van der Waals surface area contributed by atoms with Crippen LogP contribution in [0.5, 0.6) is 5.75 Å². The summed E-state index contributed by atoms with van der Waals surface area (Å²) >= 11 is 12.1. The molecule has 3 N–H and O–H groups in total. The number of aromatic nitrogens is 3. The van der Waals surface area contributed by atoms with E-state index in [1.807, 2.05) is 66.7 Å². The van der Waals surface area contributed by atoms with Gasteiger partial charge in [0.05, 0.1) is 28.5 Å². The summed E-state index contributed by atoms with van der Waals surface area (Å²) in [5, 5.41) is 3.28. The number of hydrogen-bond donors (Lipinski definition) is 3. The zero-order valence-corrected chi connectivity index (χ0v) is 23.7. The molecule has 0 atom stereocenters. The van der Waals surface area contributed by atoms with E-state index in [1.165, 1.54) is 12.1 Å². The van der Waals surface area contributed by atoms with E-state index in [0.29, 0.717) is 5.82 Å². The van der Waals surface area contributed by atoms with Crippen LogP contribution < -0.4 is 14.8 Å². The molecule has 11 heteroatoms. The Kier molecular flexibility index (Phi) is 8.37. The van der Waals surface area contributed by atoms with Crippen molar-refractivity contribution < 1.29 is 13.2 Å². The summed E-state index contributed by atoms with van der Waals surface area (Å²) in [6, 6.07) is 25.9. The van der Waals surface area contributed by atoms with Gasteiger partial charge in [-0.05, 0) is 36.4 Å². The fourth-order valence-electron chi connectivity index (χ4n) is 4.16. The SMILES string of the molecule is COc1cccc(-c2nc(-c3ccccc3)[nH]c2-c2ccnc(NCCNS(=O)(=O)c3c(Cl)cccc3Cl)c2)c1. The highest BCUT2D eigenvalue weighted by Gasteiger charge is 2.21. The molecule has 0 aliphatic heterocycles. The van der Waals surface area contributed by atoms with Gasteiger partial charge in [0.25, 0.3) is 0 Å². The van der Waals surface area contributed by atoms with E-state index in [0.717, 1.165) is 39.7 Å². The highest BCUT2D eigenvalue weighted by molar-refractivity contribution is 7.89. The quantitative estimate of drug-likeness (QED) is 0.159. The Morgan fingerprint density at radius 2 is 1.57 bits per heavy atom. The Hall–Kier alpha value is -3.89. The lowest BCUT2D eigenvalue weighted by molar-refractivity contribution is 0.415.